The first-order valence-electron chi connectivity index (χ1n) is 9.90. The molecular weight excluding hydrogens is 372 g/mol. The maximum absolute atomic E-state index is 13.8. The van der Waals surface area contributed by atoms with Gasteiger partial charge in [-0.3, -0.25) is 9.69 Å². The molecule has 1 fully saturated rings. The van der Waals surface area contributed by atoms with Crippen LogP contribution in [0.2, 0.25) is 0 Å². The number of nitrogens with zero attached hydrogens (tertiary/aromatic N) is 1. The van der Waals surface area contributed by atoms with E-state index in [-0.39, 0.29) is 23.3 Å². The second kappa shape index (κ2) is 7.61. The van der Waals surface area contributed by atoms with Crippen LogP contribution in [0.3, 0.4) is 0 Å². The van der Waals surface area contributed by atoms with E-state index in [1.807, 2.05) is 19.1 Å². The number of aliphatic carboxylic acids is 1. The Bertz CT molecular complexity index is 997. The predicted octanol–water partition coefficient (Wildman–Crippen LogP) is 4.32. The maximum Gasteiger partial charge on any atom is 0.303 e. The van der Waals surface area contributed by atoms with Gasteiger partial charge in [0.15, 0.2) is 0 Å². The van der Waals surface area contributed by atoms with Crippen LogP contribution >= 0.6 is 0 Å². The fourth-order valence-electron chi connectivity index (χ4n) is 4.36. The molecule has 2 aromatic rings. The summed E-state index contributed by atoms with van der Waals surface area (Å²) >= 11 is 0. The summed E-state index contributed by atoms with van der Waals surface area (Å²) in [6.07, 6.45) is 2.38. The van der Waals surface area contributed by atoms with E-state index >= 15 is 0 Å². The van der Waals surface area contributed by atoms with Gasteiger partial charge in [0.25, 0.3) is 0 Å². The van der Waals surface area contributed by atoms with Crippen molar-refractivity contribution >= 4 is 5.97 Å². The first-order chi connectivity index (χ1) is 13.9. The molecule has 1 N–H and O–H groups in total. The van der Waals surface area contributed by atoms with E-state index in [0.717, 1.165) is 38.0 Å². The lowest BCUT2D eigenvalue weighted by Crippen LogP contribution is -2.40. The molecule has 150 valence electrons. The fourth-order valence-corrected chi connectivity index (χ4v) is 4.36. The molecule has 1 spiro atoms. The molecule has 2 aromatic carbocycles. The molecule has 1 aliphatic carbocycles. The second-order valence-corrected chi connectivity index (χ2v) is 8.37. The predicted molar refractivity (Wildman–Crippen MR) is 106 cm³/mol. The molecule has 0 saturated heterocycles. The highest BCUT2D eigenvalue weighted by Gasteiger charge is 2.49. The van der Waals surface area contributed by atoms with Crippen molar-refractivity contribution in [2.24, 2.45) is 5.92 Å². The highest BCUT2D eigenvalue weighted by atomic mass is 19.1. The minimum absolute atomic E-state index is 0.102. The summed E-state index contributed by atoms with van der Waals surface area (Å²) in [6, 6.07) is 9.74. The number of fused-ring (bicyclic) bond motifs is 2. The number of halogens is 2. The van der Waals surface area contributed by atoms with E-state index in [4.69, 9.17) is 5.11 Å². The summed E-state index contributed by atoms with van der Waals surface area (Å²) in [6.45, 7) is 4.45. The summed E-state index contributed by atoms with van der Waals surface area (Å²) in [5.74, 6) is 3.59. The van der Waals surface area contributed by atoms with E-state index < -0.39 is 17.6 Å². The normalized spacial score (nSPS) is 17.9. The van der Waals surface area contributed by atoms with Crippen molar-refractivity contribution in [3.05, 3.63) is 70.3 Å². The summed E-state index contributed by atoms with van der Waals surface area (Å²) in [5.41, 5.74) is 3.17. The molecule has 1 aliphatic heterocycles. The van der Waals surface area contributed by atoms with Crippen LogP contribution in [0.5, 0.6) is 0 Å². The minimum Gasteiger partial charge on any atom is -0.481 e. The molecule has 0 radical (unpaired) electrons. The molecule has 2 aliphatic rings. The highest BCUT2D eigenvalue weighted by molar-refractivity contribution is 5.67. The largest absolute Gasteiger partial charge is 0.481 e. The summed E-state index contributed by atoms with van der Waals surface area (Å²) < 4.78 is 27.6. The Morgan fingerprint density at radius 1 is 1.21 bits per heavy atom. The van der Waals surface area contributed by atoms with Crippen molar-refractivity contribution in [3.63, 3.8) is 0 Å². The molecule has 4 rings (SSSR count). The maximum atomic E-state index is 13.8. The SMILES string of the molecule is CC(CC(=O)O)CN1Cc2ccc(C#Cc3c(F)cccc3F)cc2C2(CC2)C1. The molecule has 1 unspecified atom stereocenters. The lowest BCUT2D eigenvalue weighted by atomic mass is 9.85. The summed E-state index contributed by atoms with van der Waals surface area (Å²) in [5, 5.41) is 9.01. The van der Waals surface area contributed by atoms with Crippen molar-refractivity contribution in [1.29, 1.82) is 0 Å². The van der Waals surface area contributed by atoms with Gasteiger partial charge in [0, 0.05) is 37.0 Å². The van der Waals surface area contributed by atoms with Gasteiger partial charge >= 0.3 is 5.97 Å². The molecular formula is C24H23F2NO2. The minimum atomic E-state index is -0.759. The van der Waals surface area contributed by atoms with Gasteiger partial charge in [-0.15, -0.1) is 0 Å². The zero-order valence-corrected chi connectivity index (χ0v) is 16.3. The topological polar surface area (TPSA) is 40.5 Å². The average molecular weight is 395 g/mol. The molecule has 0 aromatic heterocycles. The van der Waals surface area contributed by atoms with Gasteiger partial charge in [-0.25, -0.2) is 8.78 Å². The number of carboxylic acids is 1. The molecule has 0 bridgehead atoms. The molecule has 5 heteroatoms. The second-order valence-electron chi connectivity index (χ2n) is 8.37. The third-order valence-electron chi connectivity index (χ3n) is 5.84. The highest BCUT2D eigenvalue weighted by Crippen LogP contribution is 2.52. The standard InChI is InChI=1S/C24H23F2NO2/c1-16(11-23(28)29)13-27-14-18-7-5-17(12-20(18)24(15-27)9-10-24)6-8-19-21(25)3-2-4-22(19)26/h2-5,7,12,16H,9-11,13-15H2,1H3,(H,28,29). The van der Waals surface area contributed by atoms with Gasteiger partial charge in [0.1, 0.15) is 11.6 Å². The van der Waals surface area contributed by atoms with Crippen molar-refractivity contribution in [2.45, 2.75) is 38.1 Å². The van der Waals surface area contributed by atoms with Crippen LogP contribution in [0.15, 0.2) is 36.4 Å². The third kappa shape index (κ3) is 4.18. The van der Waals surface area contributed by atoms with E-state index in [2.05, 4.69) is 22.8 Å². The molecule has 1 atom stereocenters. The Morgan fingerprint density at radius 2 is 1.93 bits per heavy atom. The monoisotopic (exact) mass is 395 g/mol. The Kier molecular flexibility index (Phi) is 5.14. The van der Waals surface area contributed by atoms with Crippen molar-refractivity contribution in [3.8, 4) is 11.8 Å². The number of hydrogen-bond acceptors (Lipinski definition) is 2. The Balaban J connectivity index is 1.56. The van der Waals surface area contributed by atoms with Crippen molar-refractivity contribution < 1.29 is 18.7 Å². The van der Waals surface area contributed by atoms with Gasteiger partial charge in [0.2, 0.25) is 0 Å². The van der Waals surface area contributed by atoms with Gasteiger partial charge in [-0.05, 0) is 54.2 Å². The van der Waals surface area contributed by atoms with Crippen LogP contribution in [0.4, 0.5) is 8.78 Å². The molecule has 1 saturated carbocycles. The lowest BCUT2D eigenvalue weighted by molar-refractivity contribution is -0.138. The van der Waals surface area contributed by atoms with Crippen LogP contribution in [0.25, 0.3) is 0 Å². The molecule has 1 heterocycles. The molecule has 3 nitrogen and oxygen atoms in total. The van der Waals surface area contributed by atoms with E-state index in [0.29, 0.717) is 0 Å². The van der Waals surface area contributed by atoms with Gasteiger partial charge in [-0.2, -0.15) is 0 Å². The van der Waals surface area contributed by atoms with Gasteiger partial charge in [-0.1, -0.05) is 30.9 Å². The Morgan fingerprint density at radius 3 is 2.59 bits per heavy atom. The van der Waals surface area contributed by atoms with E-state index in [9.17, 15) is 13.6 Å². The van der Waals surface area contributed by atoms with Crippen LogP contribution in [0, 0.1) is 29.4 Å². The van der Waals surface area contributed by atoms with Crippen molar-refractivity contribution in [1.82, 2.24) is 4.90 Å². The lowest BCUT2D eigenvalue weighted by Gasteiger charge is -2.36. The summed E-state index contributed by atoms with van der Waals surface area (Å²) in [7, 11) is 0. The number of hydrogen-bond donors (Lipinski definition) is 1. The first kappa shape index (κ1) is 19.6. The van der Waals surface area contributed by atoms with Crippen molar-refractivity contribution in [2.75, 3.05) is 13.1 Å². The van der Waals surface area contributed by atoms with Crippen LogP contribution in [0.1, 0.15) is 48.4 Å². The third-order valence-corrected chi connectivity index (χ3v) is 5.84. The number of rotatable bonds is 4. The number of carbonyl (C=O) groups is 1. The Hall–Kier alpha value is -2.71. The zero-order valence-electron chi connectivity index (χ0n) is 16.3. The Labute approximate surface area is 169 Å². The summed E-state index contributed by atoms with van der Waals surface area (Å²) in [4.78, 5) is 13.3. The number of carboxylic acid groups (broad SMARTS) is 1. The number of benzene rings is 2. The van der Waals surface area contributed by atoms with Gasteiger partial charge < -0.3 is 5.11 Å². The average Bonchev–Trinajstić information content (AvgIpc) is 3.41. The first-order valence-corrected chi connectivity index (χ1v) is 9.90. The van der Waals surface area contributed by atoms with Gasteiger partial charge in [0.05, 0.1) is 5.56 Å². The quantitative estimate of drug-likeness (QED) is 0.784. The van der Waals surface area contributed by atoms with Crippen LogP contribution < -0.4 is 0 Å². The smallest absolute Gasteiger partial charge is 0.303 e. The fraction of sp³-hybridized carbons (Fsp3) is 0.375. The van der Waals surface area contributed by atoms with Crippen LogP contribution in [-0.4, -0.2) is 29.1 Å². The molecule has 29 heavy (non-hydrogen) atoms. The van der Waals surface area contributed by atoms with E-state index in [1.165, 1.54) is 29.3 Å². The van der Waals surface area contributed by atoms with Crippen LogP contribution in [-0.2, 0) is 16.8 Å². The van der Waals surface area contributed by atoms with E-state index in [1.54, 1.807) is 0 Å². The molecule has 0 amide bonds. The zero-order chi connectivity index (χ0) is 20.6.